The Morgan fingerprint density at radius 2 is 2.24 bits per heavy atom. The molecule has 2 fully saturated rings. The summed E-state index contributed by atoms with van der Waals surface area (Å²) in [4.78, 5) is 8.13. The van der Waals surface area contributed by atoms with Crippen LogP contribution in [0.4, 0.5) is 0 Å². The smallest absolute Gasteiger partial charge is 0.0794 e. The van der Waals surface area contributed by atoms with Crippen LogP contribution in [0.25, 0.3) is 0 Å². The van der Waals surface area contributed by atoms with Crippen LogP contribution in [-0.4, -0.2) is 35.6 Å². The van der Waals surface area contributed by atoms with Crippen molar-refractivity contribution in [3.63, 3.8) is 0 Å². The minimum atomic E-state index is 0.820. The summed E-state index contributed by atoms with van der Waals surface area (Å²) in [6.07, 6.45) is 7.54. The lowest BCUT2D eigenvalue weighted by molar-refractivity contribution is 0.158. The van der Waals surface area contributed by atoms with E-state index in [4.69, 9.17) is 0 Å². The first-order valence-electron chi connectivity index (χ1n) is 6.75. The molecule has 0 bridgehead atoms. The lowest BCUT2D eigenvalue weighted by atomic mass is 9.88. The number of rotatable bonds is 3. The van der Waals surface area contributed by atoms with E-state index in [9.17, 15) is 0 Å². The fraction of sp³-hybridized carbons (Fsp3) is 0.769. The van der Waals surface area contributed by atoms with E-state index in [1.807, 2.05) is 11.7 Å². The summed E-state index contributed by atoms with van der Waals surface area (Å²) in [7, 11) is 0. The largest absolute Gasteiger partial charge is 0.314 e. The van der Waals surface area contributed by atoms with Crippen LogP contribution in [0.3, 0.4) is 0 Å². The second-order valence-electron chi connectivity index (χ2n) is 5.28. The van der Waals surface area contributed by atoms with E-state index >= 15 is 0 Å². The fourth-order valence-corrected chi connectivity index (χ4v) is 3.80. The van der Waals surface area contributed by atoms with Gasteiger partial charge in [0.2, 0.25) is 0 Å². The molecule has 1 atom stereocenters. The number of likely N-dealkylation sites (tertiary alicyclic amines) is 1. The molecular formula is C13H21N3S. The number of nitrogens with one attached hydrogen (secondary N) is 1. The van der Waals surface area contributed by atoms with E-state index in [0.29, 0.717) is 0 Å². The second kappa shape index (κ2) is 5.46. The van der Waals surface area contributed by atoms with E-state index in [1.54, 1.807) is 11.3 Å². The topological polar surface area (TPSA) is 28.2 Å². The summed E-state index contributed by atoms with van der Waals surface area (Å²) in [5.41, 5.74) is 1.94. The fourth-order valence-electron chi connectivity index (χ4n) is 3.17. The molecule has 3 heterocycles. The van der Waals surface area contributed by atoms with Gasteiger partial charge in [-0.25, -0.2) is 0 Å². The molecule has 17 heavy (non-hydrogen) atoms. The van der Waals surface area contributed by atoms with E-state index in [0.717, 1.165) is 18.5 Å². The highest BCUT2D eigenvalue weighted by atomic mass is 32.1. The molecule has 4 heteroatoms. The monoisotopic (exact) mass is 251 g/mol. The van der Waals surface area contributed by atoms with Gasteiger partial charge in [-0.15, -0.1) is 11.3 Å². The van der Waals surface area contributed by atoms with Crippen molar-refractivity contribution in [1.29, 1.82) is 0 Å². The molecule has 3 nitrogen and oxygen atoms in total. The first-order chi connectivity index (χ1) is 8.42. The van der Waals surface area contributed by atoms with Gasteiger partial charge in [-0.1, -0.05) is 0 Å². The third kappa shape index (κ3) is 2.87. The molecule has 1 aromatic rings. The number of piperidine rings is 1. The van der Waals surface area contributed by atoms with Crippen molar-refractivity contribution in [2.24, 2.45) is 5.92 Å². The van der Waals surface area contributed by atoms with Gasteiger partial charge in [0, 0.05) is 23.7 Å². The molecule has 0 amide bonds. The molecule has 3 rings (SSSR count). The predicted molar refractivity (Wildman–Crippen MR) is 71.1 cm³/mol. The van der Waals surface area contributed by atoms with Crippen LogP contribution >= 0.6 is 11.3 Å². The van der Waals surface area contributed by atoms with Crippen molar-refractivity contribution < 1.29 is 0 Å². The van der Waals surface area contributed by atoms with Crippen LogP contribution in [0.1, 0.15) is 30.6 Å². The summed E-state index contributed by atoms with van der Waals surface area (Å²) in [5, 5.41) is 3.66. The predicted octanol–water partition coefficient (Wildman–Crippen LogP) is 2.11. The molecule has 94 valence electrons. The van der Waals surface area contributed by atoms with Gasteiger partial charge in [0.15, 0.2) is 0 Å². The summed E-state index contributed by atoms with van der Waals surface area (Å²) >= 11 is 1.78. The maximum Gasteiger partial charge on any atom is 0.0794 e. The number of hydrogen-bond acceptors (Lipinski definition) is 4. The Hall–Kier alpha value is -0.450. The molecular weight excluding hydrogens is 230 g/mol. The van der Waals surface area contributed by atoms with E-state index < -0.39 is 0 Å². The Balaban J connectivity index is 1.47. The lowest BCUT2D eigenvalue weighted by Crippen LogP contribution is -2.40. The van der Waals surface area contributed by atoms with Crippen LogP contribution in [0.15, 0.2) is 11.7 Å². The van der Waals surface area contributed by atoms with Gasteiger partial charge in [0.25, 0.3) is 0 Å². The maximum atomic E-state index is 4.15. The van der Waals surface area contributed by atoms with Gasteiger partial charge in [-0.05, 0) is 51.2 Å². The van der Waals surface area contributed by atoms with E-state index in [-0.39, 0.29) is 0 Å². The molecule has 1 unspecified atom stereocenters. The molecule has 0 aromatic carbocycles. The van der Waals surface area contributed by atoms with Crippen molar-refractivity contribution in [1.82, 2.24) is 15.2 Å². The zero-order valence-electron chi connectivity index (χ0n) is 10.3. The van der Waals surface area contributed by atoms with Gasteiger partial charge >= 0.3 is 0 Å². The highest BCUT2D eigenvalue weighted by Gasteiger charge is 2.28. The van der Waals surface area contributed by atoms with Gasteiger partial charge in [-0.3, -0.25) is 9.88 Å². The zero-order valence-corrected chi connectivity index (χ0v) is 11.1. The highest BCUT2D eigenvalue weighted by Crippen LogP contribution is 2.26. The number of aromatic nitrogens is 1. The minimum absolute atomic E-state index is 0.820. The van der Waals surface area contributed by atoms with Gasteiger partial charge in [0.1, 0.15) is 0 Å². The van der Waals surface area contributed by atoms with Gasteiger partial charge in [-0.2, -0.15) is 0 Å². The van der Waals surface area contributed by atoms with Crippen LogP contribution in [0.2, 0.25) is 0 Å². The molecule has 0 radical (unpaired) electrons. The Labute approximate surface area is 107 Å². The van der Waals surface area contributed by atoms with Crippen molar-refractivity contribution in [2.75, 3.05) is 19.6 Å². The van der Waals surface area contributed by atoms with Crippen molar-refractivity contribution in [3.8, 4) is 0 Å². The molecule has 1 N–H and O–H groups in total. The Kier molecular flexibility index (Phi) is 3.74. The SMILES string of the molecule is c1ncc(CN2CCC(C3CCCN3)CC2)s1. The van der Waals surface area contributed by atoms with Crippen LogP contribution in [-0.2, 0) is 6.54 Å². The third-order valence-electron chi connectivity index (χ3n) is 4.16. The lowest BCUT2D eigenvalue weighted by Gasteiger charge is -2.34. The number of hydrogen-bond donors (Lipinski definition) is 1. The number of nitrogens with zero attached hydrogens (tertiary/aromatic N) is 2. The van der Waals surface area contributed by atoms with Gasteiger partial charge in [0.05, 0.1) is 5.51 Å². The Bertz CT molecular complexity index is 324. The van der Waals surface area contributed by atoms with Crippen molar-refractivity contribution >= 4 is 11.3 Å². The number of thiazole rings is 1. The van der Waals surface area contributed by atoms with Gasteiger partial charge < -0.3 is 5.32 Å². The van der Waals surface area contributed by atoms with E-state index in [2.05, 4.69) is 15.2 Å². The van der Waals surface area contributed by atoms with Crippen LogP contribution in [0, 0.1) is 5.92 Å². The summed E-state index contributed by atoms with van der Waals surface area (Å²) in [6, 6.07) is 0.820. The first-order valence-corrected chi connectivity index (χ1v) is 7.63. The quantitative estimate of drug-likeness (QED) is 0.892. The first kappa shape index (κ1) is 11.6. The maximum absolute atomic E-state index is 4.15. The molecule has 0 spiro atoms. The second-order valence-corrected chi connectivity index (χ2v) is 6.26. The third-order valence-corrected chi connectivity index (χ3v) is 4.93. The summed E-state index contributed by atoms with van der Waals surface area (Å²) in [5.74, 6) is 0.926. The normalized spacial score (nSPS) is 27.6. The summed E-state index contributed by atoms with van der Waals surface area (Å²) in [6.45, 7) is 4.88. The standard InChI is InChI=1S/C13H21N3S/c1-2-13(15-5-1)11-3-6-16(7-4-11)9-12-8-14-10-17-12/h8,10-11,13,15H,1-7,9H2. The molecule has 2 aliphatic heterocycles. The molecule has 1 aromatic heterocycles. The van der Waals surface area contributed by atoms with Crippen molar-refractivity contribution in [2.45, 2.75) is 38.3 Å². The zero-order chi connectivity index (χ0) is 11.5. The molecule has 0 aliphatic carbocycles. The van der Waals surface area contributed by atoms with Crippen LogP contribution in [0.5, 0.6) is 0 Å². The van der Waals surface area contributed by atoms with E-state index in [1.165, 1.54) is 50.2 Å². The minimum Gasteiger partial charge on any atom is -0.314 e. The van der Waals surface area contributed by atoms with Crippen molar-refractivity contribution in [3.05, 3.63) is 16.6 Å². The molecule has 2 aliphatic rings. The Morgan fingerprint density at radius 3 is 2.88 bits per heavy atom. The Morgan fingerprint density at radius 1 is 1.35 bits per heavy atom. The average molecular weight is 251 g/mol. The van der Waals surface area contributed by atoms with Crippen LogP contribution < -0.4 is 5.32 Å². The molecule has 2 saturated heterocycles. The highest BCUT2D eigenvalue weighted by molar-refractivity contribution is 7.09. The summed E-state index contributed by atoms with van der Waals surface area (Å²) < 4.78 is 0. The average Bonchev–Trinajstić information content (AvgIpc) is 3.01. The molecule has 0 saturated carbocycles.